The Morgan fingerprint density at radius 2 is 2.25 bits per heavy atom. The van der Waals surface area contributed by atoms with Crippen LogP contribution in [0.25, 0.3) is 0 Å². The first kappa shape index (κ1) is 14.8. The van der Waals surface area contributed by atoms with E-state index in [1.807, 2.05) is 42.1 Å². The van der Waals surface area contributed by atoms with Gasteiger partial charge in [0.15, 0.2) is 5.11 Å². The fourth-order valence-electron chi connectivity index (χ4n) is 1.81. The maximum atomic E-state index is 5.93. The van der Waals surface area contributed by atoms with Crippen molar-refractivity contribution in [3.8, 4) is 0 Å². The van der Waals surface area contributed by atoms with Crippen LogP contribution in [0, 0.1) is 6.92 Å². The van der Waals surface area contributed by atoms with E-state index in [9.17, 15) is 0 Å². The van der Waals surface area contributed by atoms with Gasteiger partial charge >= 0.3 is 0 Å². The predicted molar refractivity (Wildman–Crippen MR) is 87.2 cm³/mol. The topological polar surface area (TPSA) is 41.9 Å². The highest BCUT2D eigenvalue weighted by Gasteiger charge is 2.05. The van der Waals surface area contributed by atoms with Gasteiger partial charge in [-0.25, -0.2) is 0 Å². The molecule has 0 radical (unpaired) electrons. The third kappa shape index (κ3) is 3.95. The monoisotopic (exact) mass is 308 g/mol. The van der Waals surface area contributed by atoms with Crippen LogP contribution in [0.1, 0.15) is 18.2 Å². The van der Waals surface area contributed by atoms with Crippen LogP contribution in [0.15, 0.2) is 30.5 Å². The Morgan fingerprint density at radius 1 is 1.45 bits per heavy atom. The minimum atomic E-state index is 0.566. The number of benzene rings is 1. The van der Waals surface area contributed by atoms with Crippen LogP contribution in [0.2, 0.25) is 5.02 Å². The van der Waals surface area contributed by atoms with Gasteiger partial charge in [0.25, 0.3) is 0 Å². The summed E-state index contributed by atoms with van der Waals surface area (Å²) in [6, 6.07) is 7.45. The summed E-state index contributed by atoms with van der Waals surface area (Å²) in [6.07, 6.45) is 2.03. The van der Waals surface area contributed by atoms with Crippen molar-refractivity contribution in [2.24, 2.45) is 0 Å². The zero-order valence-electron chi connectivity index (χ0n) is 11.5. The molecule has 6 heteroatoms. The molecule has 1 aromatic heterocycles. The van der Waals surface area contributed by atoms with Crippen molar-refractivity contribution in [1.82, 2.24) is 15.1 Å². The average Bonchev–Trinajstić information content (AvgIpc) is 2.77. The highest BCUT2D eigenvalue weighted by Crippen LogP contribution is 2.14. The van der Waals surface area contributed by atoms with Crippen molar-refractivity contribution in [2.45, 2.75) is 26.9 Å². The van der Waals surface area contributed by atoms with E-state index in [-0.39, 0.29) is 0 Å². The molecule has 0 aliphatic rings. The SMILES string of the molecule is CCn1cc(CNC(=S)Nc2cccc(Cl)c2)c(C)n1. The van der Waals surface area contributed by atoms with Crippen LogP contribution in [0.3, 0.4) is 0 Å². The van der Waals surface area contributed by atoms with E-state index in [1.54, 1.807) is 0 Å². The van der Waals surface area contributed by atoms with E-state index in [4.69, 9.17) is 23.8 Å². The molecule has 0 fully saturated rings. The number of anilines is 1. The van der Waals surface area contributed by atoms with Gasteiger partial charge in [-0.2, -0.15) is 5.10 Å². The molecule has 20 heavy (non-hydrogen) atoms. The molecular weight excluding hydrogens is 292 g/mol. The van der Waals surface area contributed by atoms with E-state index in [1.165, 1.54) is 0 Å². The van der Waals surface area contributed by atoms with Crippen molar-refractivity contribution in [3.63, 3.8) is 0 Å². The number of hydrogen-bond donors (Lipinski definition) is 2. The van der Waals surface area contributed by atoms with Crippen molar-refractivity contribution in [3.05, 3.63) is 46.7 Å². The molecule has 0 bridgehead atoms. The number of thiocarbonyl (C=S) groups is 1. The predicted octanol–water partition coefficient (Wildman–Crippen LogP) is 3.35. The molecule has 2 N–H and O–H groups in total. The Labute approximate surface area is 129 Å². The third-order valence-corrected chi connectivity index (χ3v) is 3.38. The van der Waals surface area contributed by atoms with E-state index >= 15 is 0 Å². The van der Waals surface area contributed by atoms with Gasteiger partial charge in [-0.3, -0.25) is 4.68 Å². The summed E-state index contributed by atoms with van der Waals surface area (Å²) in [6.45, 7) is 5.58. The lowest BCUT2D eigenvalue weighted by molar-refractivity contribution is 0.653. The molecule has 2 rings (SSSR count). The molecule has 0 saturated heterocycles. The molecule has 0 amide bonds. The number of rotatable bonds is 4. The van der Waals surface area contributed by atoms with Gasteiger partial charge in [0.05, 0.1) is 5.69 Å². The highest BCUT2D eigenvalue weighted by atomic mass is 35.5. The summed E-state index contributed by atoms with van der Waals surface area (Å²) >= 11 is 11.2. The quantitative estimate of drug-likeness (QED) is 0.850. The second kappa shape index (κ2) is 6.72. The van der Waals surface area contributed by atoms with Crippen molar-refractivity contribution in [1.29, 1.82) is 0 Å². The first-order valence-electron chi connectivity index (χ1n) is 6.42. The second-order valence-corrected chi connectivity index (χ2v) is 5.26. The summed E-state index contributed by atoms with van der Waals surface area (Å²) in [5.74, 6) is 0. The zero-order chi connectivity index (χ0) is 14.5. The minimum Gasteiger partial charge on any atom is -0.358 e. The molecule has 0 saturated carbocycles. The van der Waals surface area contributed by atoms with E-state index in [0.717, 1.165) is 23.5 Å². The van der Waals surface area contributed by atoms with Gasteiger partial charge in [-0.15, -0.1) is 0 Å². The van der Waals surface area contributed by atoms with Crippen molar-refractivity contribution >= 4 is 34.6 Å². The van der Waals surface area contributed by atoms with E-state index in [2.05, 4.69) is 22.7 Å². The van der Waals surface area contributed by atoms with Crippen LogP contribution in [-0.4, -0.2) is 14.9 Å². The average molecular weight is 309 g/mol. The van der Waals surface area contributed by atoms with Crippen LogP contribution in [0.5, 0.6) is 0 Å². The van der Waals surface area contributed by atoms with Crippen molar-refractivity contribution in [2.75, 3.05) is 5.32 Å². The Bertz CT molecular complexity index is 609. The van der Waals surface area contributed by atoms with Crippen LogP contribution in [-0.2, 0) is 13.1 Å². The summed E-state index contributed by atoms with van der Waals surface area (Å²) in [5, 5.41) is 11.9. The standard InChI is InChI=1S/C14H17ClN4S/c1-3-19-9-11(10(2)18-19)8-16-14(20)17-13-6-4-5-12(15)7-13/h4-7,9H,3,8H2,1-2H3,(H2,16,17,20). The normalized spacial score (nSPS) is 10.3. The highest BCUT2D eigenvalue weighted by molar-refractivity contribution is 7.80. The van der Waals surface area contributed by atoms with Gasteiger partial charge in [0, 0.05) is 35.6 Å². The first-order chi connectivity index (χ1) is 9.58. The van der Waals surface area contributed by atoms with Gasteiger partial charge < -0.3 is 10.6 Å². The van der Waals surface area contributed by atoms with E-state index in [0.29, 0.717) is 16.7 Å². The molecule has 4 nitrogen and oxygen atoms in total. The summed E-state index contributed by atoms with van der Waals surface area (Å²) < 4.78 is 1.92. The molecule has 0 spiro atoms. The lowest BCUT2D eigenvalue weighted by atomic mass is 10.3. The molecule has 1 heterocycles. The molecule has 2 aromatic rings. The lowest BCUT2D eigenvalue weighted by Gasteiger charge is -2.10. The number of halogens is 1. The van der Waals surface area contributed by atoms with Gasteiger partial charge in [0.2, 0.25) is 0 Å². The molecule has 0 unspecified atom stereocenters. The largest absolute Gasteiger partial charge is 0.358 e. The summed E-state index contributed by atoms with van der Waals surface area (Å²) in [4.78, 5) is 0. The van der Waals surface area contributed by atoms with Crippen molar-refractivity contribution < 1.29 is 0 Å². The Hall–Kier alpha value is -1.59. The molecule has 0 aliphatic heterocycles. The van der Waals surface area contributed by atoms with E-state index < -0.39 is 0 Å². The second-order valence-electron chi connectivity index (χ2n) is 4.41. The first-order valence-corrected chi connectivity index (χ1v) is 7.20. The fraction of sp³-hybridized carbons (Fsp3) is 0.286. The molecule has 106 valence electrons. The fourth-order valence-corrected chi connectivity index (χ4v) is 2.19. The molecular formula is C14H17ClN4S. The molecule has 0 aliphatic carbocycles. The Balaban J connectivity index is 1.90. The van der Waals surface area contributed by atoms with Crippen LogP contribution in [0.4, 0.5) is 5.69 Å². The smallest absolute Gasteiger partial charge is 0.171 e. The zero-order valence-corrected chi connectivity index (χ0v) is 13.1. The number of aromatic nitrogens is 2. The molecule has 0 atom stereocenters. The van der Waals surface area contributed by atoms with Crippen LogP contribution < -0.4 is 10.6 Å². The Morgan fingerprint density at radius 3 is 2.90 bits per heavy atom. The third-order valence-electron chi connectivity index (χ3n) is 2.89. The van der Waals surface area contributed by atoms with Crippen LogP contribution >= 0.6 is 23.8 Å². The number of hydrogen-bond acceptors (Lipinski definition) is 2. The Kier molecular flexibility index (Phi) is 4.98. The maximum absolute atomic E-state index is 5.93. The number of nitrogens with zero attached hydrogens (tertiary/aromatic N) is 2. The van der Waals surface area contributed by atoms with Gasteiger partial charge in [0.1, 0.15) is 0 Å². The number of aryl methyl sites for hydroxylation is 2. The summed E-state index contributed by atoms with van der Waals surface area (Å²) in [5.41, 5.74) is 3.03. The minimum absolute atomic E-state index is 0.566. The number of nitrogens with one attached hydrogen (secondary N) is 2. The maximum Gasteiger partial charge on any atom is 0.171 e. The summed E-state index contributed by atoms with van der Waals surface area (Å²) in [7, 11) is 0. The molecule has 1 aromatic carbocycles. The van der Waals surface area contributed by atoms with Gasteiger partial charge in [-0.05, 0) is 44.3 Å². The van der Waals surface area contributed by atoms with Gasteiger partial charge in [-0.1, -0.05) is 17.7 Å². The lowest BCUT2D eigenvalue weighted by Crippen LogP contribution is -2.27.